The number of esters is 2. The van der Waals surface area contributed by atoms with Gasteiger partial charge in [0.15, 0.2) is 5.78 Å². The van der Waals surface area contributed by atoms with Gasteiger partial charge in [0, 0.05) is 27.9 Å². The van der Waals surface area contributed by atoms with Crippen molar-refractivity contribution in [2.45, 2.75) is 18.3 Å². The Morgan fingerprint density at radius 3 is 2.15 bits per heavy atom. The summed E-state index contributed by atoms with van der Waals surface area (Å²) in [6.45, 7) is 0. The third-order valence-electron chi connectivity index (χ3n) is 7.32. The van der Waals surface area contributed by atoms with E-state index >= 15 is 0 Å². The van der Waals surface area contributed by atoms with Crippen molar-refractivity contribution in [3.63, 3.8) is 0 Å². The van der Waals surface area contributed by atoms with Crippen molar-refractivity contribution in [2.75, 3.05) is 19.1 Å². The Bertz CT molecular complexity index is 1500. The molecule has 5 rings (SSSR count). The van der Waals surface area contributed by atoms with E-state index in [-0.39, 0.29) is 11.4 Å². The minimum Gasteiger partial charge on any atom is -0.468 e. The number of allylic oxidation sites excluding steroid dienone is 2. The van der Waals surface area contributed by atoms with Crippen molar-refractivity contribution in [1.82, 2.24) is 0 Å². The van der Waals surface area contributed by atoms with Gasteiger partial charge >= 0.3 is 11.9 Å². The smallest absolute Gasteiger partial charge is 0.338 e. The number of ether oxygens (including phenoxy) is 2. The number of nitrogens with zero attached hydrogens (tertiary/aromatic N) is 1. The van der Waals surface area contributed by atoms with Gasteiger partial charge in [0.05, 0.1) is 25.7 Å². The summed E-state index contributed by atoms with van der Waals surface area (Å²) in [7, 11) is 2.53. The number of hydrogen-bond donors (Lipinski definition) is 1. The SMILES string of the molecule is COC(=O)C1=C(N)N(c2ccccc2)C2=C(C(=O)[C@H](C(=O)OC)[C@@H](c3ccccc3)C2)[C@H]1c1cccc(Cl)c1. The van der Waals surface area contributed by atoms with Gasteiger partial charge in [0.25, 0.3) is 0 Å². The molecule has 1 aliphatic heterocycles. The lowest BCUT2D eigenvalue weighted by atomic mass is 9.67. The first-order valence-corrected chi connectivity index (χ1v) is 12.8. The summed E-state index contributed by atoms with van der Waals surface area (Å²) in [4.78, 5) is 42.8. The van der Waals surface area contributed by atoms with E-state index in [2.05, 4.69) is 0 Å². The molecule has 3 atom stereocenters. The second-order valence-corrected chi connectivity index (χ2v) is 9.83. The van der Waals surface area contributed by atoms with Crippen LogP contribution >= 0.6 is 11.6 Å². The molecule has 3 aromatic rings. The quantitative estimate of drug-likeness (QED) is 0.354. The lowest BCUT2D eigenvalue weighted by Gasteiger charge is -2.44. The number of para-hydroxylation sites is 1. The fourth-order valence-electron chi connectivity index (χ4n) is 5.64. The van der Waals surface area contributed by atoms with E-state index in [0.29, 0.717) is 34.0 Å². The Kier molecular flexibility index (Phi) is 7.26. The molecule has 0 aromatic heterocycles. The van der Waals surface area contributed by atoms with Gasteiger partial charge < -0.3 is 15.2 Å². The van der Waals surface area contributed by atoms with Crippen LogP contribution in [0.3, 0.4) is 0 Å². The summed E-state index contributed by atoms with van der Waals surface area (Å²) >= 11 is 6.35. The van der Waals surface area contributed by atoms with Gasteiger partial charge in [-0.25, -0.2) is 4.79 Å². The van der Waals surface area contributed by atoms with E-state index in [1.165, 1.54) is 14.2 Å². The van der Waals surface area contributed by atoms with Crippen LogP contribution in [0.5, 0.6) is 0 Å². The minimum absolute atomic E-state index is 0.0949. The molecular formula is C31H27ClN2O5. The molecule has 1 aliphatic carbocycles. The maximum Gasteiger partial charge on any atom is 0.338 e. The number of Topliss-reactive ketones (excluding diaryl/α,β-unsaturated/α-hetero) is 1. The lowest BCUT2D eigenvalue weighted by molar-refractivity contribution is -0.150. The fraction of sp³-hybridized carbons (Fsp3) is 0.194. The molecule has 8 heteroatoms. The zero-order valence-corrected chi connectivity index (χ0v) is 22.2. The highest BCUT2D eigenvalue weighted by atomic mass is 35.5. The Labute approximate surface area is 231 Å². The van der Waals surface area contributed by atoms with E-state index in [4.69, 9.17) is 26.8 Å². The predicted molar refractivity (Wildman–Crippen MR) is 148 cm³/mol. The molecule has 7 nitrogen and oxygen atoms in total. The molecule has 1 heterocycles. The zero-order chi connectivity index (χ0) is 27.7. The number of anilines is 1. The van der Waals surface area contributed by atoms with Crippen LogP contribution in [0.15, 0.2) is 108 Å². The van der Waals surface area contributed by atoms with Gasteiger partial charge in [-0.1, -0.05) is 72.3 Å². The maximum atomic E-state index is 14.5. The van der Waals surface area contributed by atoms with Gasteiger partial charge in [-0.3, -0.25) is 14.5 Å². The average Bonchev–Trinajstić information content (AvgIpc) is 2.96. The number of halogens is 1. The topological polar surface area (TPSA) is 98.9 Å². The summed E-state index contributed by atoms with van der Waals surface area (Å²) in [6, 6.07) is 25.6. The molecule has 2 N–H and O–H groups in total. The van der Waals surface area contributed by atoms with E-state index in [1.54, 1.807) is 29.2 Å². The van der Waals surface area contributed by atoms with Crippen LogP contribution in [0.4, 0.5) is 5.69 Å². The summed E-state index contributed by atoms with van der Waals surface area (Å²) in [5.41, 5.74) is 9.86. The van der Waals surface area contributed by atoms with Gasteiger partial charge in [-0.05, 0) is 41.8 Å². The summed E-state index contributed by atoms with van der Waals surface area (Å²) in [6.07, 6.45) is 0.298. The highest BCUT2D eigenvalue weighted by Crippen LogP contribution is 2.51. The third-order valence-corrected chi connectivity index (χ3v) is 7.56. The minimum atomic E-state index is -1.12. The number of methoxy groups -OCH3 is 2. The summed E-state index contributed by atoms with van der Waals surface area (Å²) in [5.74, 6) is -4.14. The summed E-state index contributed by atoms with van der Waals surface area (Å²) < 4.78 is 10.3. The van der Waals surface area contributed by atoms with Crippen LogP contribution in [-0.4, -0.2) is 31.9 Å². The number of carbonyl (C=O) groups excluding carboxylic acids is 3. The molecule has 2 aliphatic rings. The van der Waals surface area contributed by atoms with Gasteiger partial charge in [-0.15, -0.1) is 0 Å². The first kappa shape index (κ1) is 26.3. The Balaban J connectivity index is 1.83. The Morgan fingerprint density at radius 2 is 1.54 bits per heavy atom. The van der Waals surface area contributed by atoms with Gasteiger partial charge in [0.1, 0.15) is 11.7 Å². The van der Waals surface area contributed by atoms with Gasteiger partial charge in [-0.2, -0.15) is 0 Å². The lowest BCUT2D eigenvalue weighted by Crippen LogP contribution is -2.46. The normalized spacial score (nSPS) is 20.9. The largest absolute Gasteiger partial charge is 0.468 e. The molecule has 39 heavy (non-hydrogen) atoms. The van der Waals surface area contributed by atoms with Crippen molar-refractivity contribution >= 4 is 35.0 Å². The van der Waals surface area contributed by atoms with Crippen LogP contribution in [0.2, 0.25) is 5.02 Å². The number of ketones is 1. The molecule has 3 aromatic carbocycles. The number of rotatable bonds is 5. The van der Waals surface area contributed by atoms with Crippen molar-refractivity contribution in [1.29, 1.82) is 0 Å². The van der Waals surface area contributed by atoms with Gasteiger partial charge in [0.2, 0.25) is 0 Å². The molecule has 0 saturated heterocycles. The fourth-order valence-corrected chi connectivity index (χ4v) is 5.84. The van der Waals surface area contributed by atoms with E-state index in [9.17, 15) is 14.4 Å². The number of benzene rings is 3. The second-order valence-electron chi connectivity index (χ2n) is 9.40. The molecule has 0 bridgehead atoms. The van der Waals surface area contributed by atoms with Crippen LogP contribution < -0.4 is 10.6 Å². The molecular weight excluding hydrogens is 516 g/mol. The van der Waals surface area contributed by atoms with Crippen molar-refractivity contribution in [2.24, 2.45) is 11.7 Å². The number of hydrogen-bond acceptors (Lipinski definition) is 7. The van der Waals surface area contributed by atoms with Crippen molar-refractivity contribution in [3.8, 4) is 0 Å². The molecule has 0 fully saturated rings. The maximum absolute atomic E-state index is 14.5. The summed E-state index contributed by atoms with van der Waals surface area (Å²) in [5, 5.41) is 0.429. The van der Waals surface area contributed by atoms with Crippen molar-refractivity contribution < 1.29 is 23.9 Å². The van der Waals surface area contributed by atoms with E-state index in [0.717, 1.165) is 5.56 Å². The zero-order valence-electron chi connectivity index (χ0n) is 21.5. The molecule has 0 spiro atoms. The van der Waals surface area contributed by atoms with Crippen LogP contribution in [0.1, 0.15) is 29.4 Å². The standard InChI is InChI=1S/C31H27ClN2O5/c1-38-30(36)25-22(18-10-5-3-6-11-18)17-23-26(28(25)35)24(19-12-9-13-20(32)16-19)27(31(37)39-2)29(33)34(23)21-14-7-4-8-15-21/h3-16,22,24-25H,17,33H2,1-2H3/t22-,24-,25-/m1/s1. The van der Waals surface area contributed by atoms with E-state index < -0.39 is 35.5 Å². The first-order chi connectivity index (χ1) is 18.9. The monoisotopic (exact) mass is 542 g/mol. The predicted octanol–water partition coefficient (Wildman–Crippen LogP) is 5.09. The highest BCUT2D eigenvalue weighted by molar-refractivity contribution is 6.30. The second kappa shape index (κ2) is 10.8. The van der Waals surface area contributed by atoms with Crippen LogP contribution in [0.25, 0.3) is 0 Å². The Hall–Kier alpha value is -4.36. The number of nitrogens with two attached hydrogens (primary N) is 1. The third kappa shape index (κ3) is 4.59. The van der Waals surface area contributed by atoms with Crippen LogP contribution in [0, 0.1) is 5.92 Å². The van der Waals surface area contributed by atoms with Crippen molar-refractivity contribution in [3.05, 3.63) is 124 Å². The van der Waals surface area contributed by atoms with Crippen LogP contribution in [-0.2, 0) is 23.9 Å². The molecule has 0 unspecified atom stereocenters. The highest BCUT2D eigenvalue weighted by Gasteiger charge is 2.51. The number of carbonyl (C=O) groups is 3. The first-order valence-electron chi connectivity index (χ1n) is 12.5. The van der Waals surface area contributed by atoms with E-state index in [1.807, 2.05) is 60.7 Å². The molecule has 0 saturated carbocycles. The Morgan fingerprint density at radius 1 is 0.897 bits per heavy atom. The molecule has 198 valence electrons. The molecule has 0 amide bonds. The average molecular weight is 543 g/mol. The molecule has 0 radical (unpaired) electrons.